The zero-order valence-electron chi connectivity index (χ0n) is 10.4. The van der Waals surface area contributed by atoms with Crippen LogP contribution in [0, 0.1) is 12.8 Å². The van der Waals surface area contributed by atoms with Gasteiger partial charge in [-0.25, -0.2) is 0 Å². The predicted molar refractivity (Wildman–Crippen MR) is 66.4 cm³/mol. The minimum atomic E-state index is 0.752. The highest BCUT2D eigenvalue weighted by Gasteiger charge is 2.25. The maximum absolute atomic E-state index is 4.44. The Morgan fingerprint density at radius 2 is 2.38 bits per heavy atom. The van der Waals surface area contributed by atoms with Gasteiger partial charge in [0.1, 0.15) is 0 Å². The summed E-state index contributed by atoms with van der Waals surface area (Å²) in [6.07, 6.45) is 7.49. The summed E-state index contributed by atoms with van der Waals surface area (Å²) in [5.41, 5.74) is 1.12. The second-order valence-electron chi connectivity index (χ2n) is 4.86. The molecule has 0 saturated heterocycles. The minimum Gasteiger partial charge on any atom is -0.314 e. The molecule has 2 unspecified atom stereocenters. The summed E-state index contributed by atoms with van der Waals surface area (Å²) in [7, 11) is 0. The molecule has 3 nitrogen and oxygen atoms in total. The summed E-state index contributed by atoms with van der Waals surface area (Å²) in [6.45, 7) is 6.42. The van der Waals surface area contributed by atoms with E-state index in [4.69, 9.17) is 0 Å². The minimum absolute atomic E-state index is 0.752. The number of aromatic nitrogens is 2. The average molecular weight is 221 g/mol. The van der Waals surface area contributed by atoms with Crippen LogP contribution in [-0.2, 0) is 6.54 Å². The lowest BCUT2D eigenvalue weighted by molar-refractivity contribution is 0.358. The van der Waals surface area contributed by atoms with Gasteiger partial charge >= 0.3 is 0 Å². The molecule has 0 bridgehead atoms. The Morgan fingerprint density at radius 1 is 1.50 bits per heavy atom. The molecule has 1 aromatic heterocycles. The van der Waals surface area contributed by atoms with Crippen LogP contribution in [0.4, 0.5) is 0 Å². The smallest absolute Gasteiger partial charge is 0.0593 e. The molecule has 1 aromatic rings. The van der Waals surface area contributed by atoms with Gasteiger partial charge in [-0.1, -0.05) is 13.3 Å². The van der Waals surface area contributed by atoms with Crippen LogP contribution < -0.4 is 5.32 Å². The van der Waals surface area contributed by atoms with Crippen LogP contribution in [0.5, 0.6) is 0 Å². The van der Waals surface area contributed by atoms with Crippen LogP contribution in [-0.4, -0.2) is 22.4 Å². The molecule has 2 atom stereocenters. The van der Waals surface area contributed by atoms with Crippen molar-refractivity contribution < 1.29 is 0 Å². The van der Waals surface area contributed by atoms with Gasteiger partial charge in [-0.15, -0.1) is 0 Å². The normalized spacial score (nSPS) is 25.1. The molecule has 0 aliphatic heterocycles. The molecule has 0 spiro atoms. The van der Waals surface area contributed by atoms with E-state index in [1.807, 2.05) is 6.92 Å². The highest BCUT2D eigenvalue weighted by atomic mass is 15.3. The number of nitrogens with one attached hydrogen (secondary N) is 1. The van der Waals surface area contributed by atoms with Crippen LogP contribution in [0.1, 0.15) is 38.3 Å². The van der Waals surface area contributed by atoms with Gasteiger partial charge in [-0.05, 0) is 44.7 Å². The van der Waals surface area contributed by atoms with Gasteiger partial charge in [-0.3, -0.25) is 4.68 Å². The topological polar surface area (TPSA) is 29.9 Å². The molecule has 1 N–H and O–H groups in total. The molecule has 1 aliphatic rings. The van der Waals surface area contributed by atoms with Gasteiger partial charge in [0.25, 0.3) is 0 Å². The predicted octanol–water partition coefficient (Wildman–Crippen LogP) is 2.36. The van der Waals surface area contributed by atoms with E-state index < -0.39 is 0 Å². The SMILES string of the molecule is CCNC1CCCC1CCn1ccc(C)n1. The first-order valence-corrected chi connectivity index (χ1v) is 6.53. The third-order valence-electron chi connectivity index (χ3n) is 3.63. The second-order valence-corrected chi connectivity index (χ2v) is 4.86. The third kappa shape index (κ3) is 2.85. The van der Waals surface area contributed by atoms with Crippen molar-refractivity contribution in [1.29, 1.82) is 0 Å². The number of hydrogen-bond acceptors (Lipinski definition) is 2. The summed E-state index contributed by atoms with van der Waals surface area (Å²) in [6, 6.07) is 2.83. The zero-order chi connectivity index (χ0) is 11.4. The van der Waals surface area contributed by atoms with Gasteiger partial charge in [0.2, 0.25) is 0 Å². The van der Waals surface area contributed by atoms with Crippen molar-refractivity contribution in [1.82, 2.24) is 15.1 Å². The zero-order valence-corrected chi connectivity index (χ0v) is 10.4. The summed E-state index contributed by atoms with van der Waals surface area (Å²) < 4.78 is 2.08. The van der Waals surface area contributed by atoms with E-state index in [9.17, 15) is 0 Å². The molecular weight excluding hydrogens is 198 g/mol. The number of hydrogen-bond donors (Lipinski definition) is 1. The van der Waals surface area contributed by atoms with Crippen molar-refractivity contribution in [2.45, 2.75) is 52.1 Å². The van der Waals surface area contributed by atoms with Crippen molar-refractivity contribution in [3.8, 4) is 0 Å². The summed E-state index contributed by atoms with van der Waals surface area (Å²) in [5, 5.41) is 8.05. The Kier molecular flexibility index (Phi) is 3.99. The Labute approximate surface area is 98.2 Å². The molecule has 1 saturated carbocycles. The molecule has 3 heteroatoms. The lowest BCUT2D eigenvalue weighted by Gasteiger charge is -2.20. The number of rotatable bonds is 5. The lowest BCUT2D eigenvalue weighted by Crippen LogP contribution is -2.32. The van der Waals surface area contributed by atoms with Crippen molar-refractivity contribution in [3.63, 3.8) is 0 Å². The molecule has 0 aromatic carbocycles. The molecule has 2 rings (SSSR count). The highest BCUT2D eigenvalue weighted by Crippen LogP contribution is 2.28. The van der Waals surface area contributed by atoms with Crippen molar-refractivity contribution in [2.75, 3.05) is 6.54 Å². The quantitative estimate of drug-likeness (QED) is 0.827. The molecule has 0 radical (unpaired) electrons. The van der Waals surface area contributed by atoms with Crippen LogP contribution >= 0.6 is 0 Å². The number of aryl methyl sites for hydroxylation is 2. The second kappa shape index (κ2) is 5.48. The highest BCUT2D eigenvalue weighted by molar-refractivity contribution is 4.94. The van der Waals surface area contributed by atoms with E-state index in [0.717, 1.165) is 30.7 Å². The molecule has 1 fully saturated rings. The van der Waals surface area contributed by atoms with Gasteiger partial charge in [0, 0.05) is 18.8 Å². The maximum atomic E-state index is 4.44. The van der Waals surface area contributed by atoms with E-state index in [0.29, 0.717) is 0 Å². The number of nitrogens with zero attached hydrogens (tertiary/aromatic N) is 2. The van der Waals surface area contributed by atoms with Crippen molar-refractivity contribution in [3.05, 3.63) is 18.0 Å². The van der Waals surface area contributed by atoms with E-state index in [-0.39, 0.29) is 0 Å². The van der Waals surface area contributed by atoms with E-state index in [1.165, 1.54) is 25.7 Å². The van der Waals surface area contributed by atoms with Crippen molar-refractivity contribution >= 4 is 0 Å². The fourth-order valence-electron chi connectivity index (χ4n) is 2.80. The van der Waals surface area contributed by atoms with Crippen LogP contribution in [0.2, 0.25) is 0 Å². The third-order valence-corrected chi connectivity index (χ3v) is 3.63. The largest absolute Gasteiger partial charge is 0.314 e. The van der Waals surface area contributed by atoms with Gasteiger partial charge in [-0.2, -0.15) is 5.10 Å². The van der Waals surface area contributed by atoms with E-state index >= 15 is 0 Å². The van der Waals surface area contributed by atoms with E-state index in [1.54, 1.807) is 0 Å². The van der Waals surface area contributed by atoms with Crippen LogP contribution in [0.3, 0.4) is 0 Å². The molecule has 1 aliphatic carbocycles. The standard InChI is InChI=1S/C13H23N3/c1-3-14-13-6-4-5-12(13)8-10-16-9-7-11(2)15-16/h7,9,12-14H,3-6,8,10H2,1-2H3. The van der Waals surface area contributed by atoms with Gasteiger partial charge in [0.15, 0.2) is 0 Å². The monoisotopic (exact) mass is 221 g/mol. The lowest BCUT2D eigenvalue weighted by atomic mass is 9.99. The fraction of sp³-hybridized carbons (Fsp3) is 0.769. The molecule has 0 amide bonds. The average Bonchev–Trinajstić information content (AvgIpc) is 2.85. The van der Waals surface area contributed by atoms with E-state index in [2.05, 4.69) is 34.3 Å². The Hall–Kier alpha value is -0.830. The van der Waals surface area contributed by atoms with Gasteiger partial charge in [0.05, 0.1) is 5.69 Å². The summed E-state index contributed by atoms with van der Waals surface area (Å²) in [5.74, 6) is 0.851. The Morgan fingerprint density at radius 3 is 3.06 bits per heavy atom. The van der Waals surface area contributed by atoms with Gasteiger partial charge < -0.3 is 5.32 Å². The van der Waals surface area contributed by atoms with Crippen LogP contribution in [0.15, 0.2) is 12.3 Å². The molecular formula is C13H23N3. The first-order chi connectivity index (χ1) is 7.79. The fourth-order valence-corrected chi connectivity index (χ4v) is 2.80. The van der Waals surface area contributed by atoms with Crippen molar-refractivity contribution in [2.24, 2.45) is 5.92 Å². The first-order valence-electron chi connectivity index (χ1n) is 6.53. The molecule has 16 heavy (non-hydrogen) atoms. The van der Waals surface area contributed by atoms with Crippen LogP contribution in [0.25, 0.3) is 0 Å². The Bertz CT molecular complexity index is 319. The Balaban J connectivity index is 1.80. The maximum Gasteiger partial charge on any atom is 0.0593 e. The summed E-state index contributed by atoms with van der Waals surface area (Å²) in [4.78, 5) is 0. The molecule has 1 heterocycles. The summed E-state index contributed by atoms with van der Waals surface area (Å²) >= 11 is 0. The molecule has 90 valence electrons. The first kappa shape index (κ1) is 11.6.